The highest BCUT2D eigenvalue weighted by molar-refractivity contribution is 7.09. The van der Waals surface area contributed by atoms with Crippen LogP contribution in [0.2, 0.25) is 0 Å². The third-order valence-electron chi connectivity index (χ3n) is 3.25. The molecule has 0 aliphatic carbocycles. The van der Waals surface area contributed by atoms with Gasteiger partial charge in [-0.15, -0.1) is 11.3 Å². The molecule has 1 saturated heterocycles. The van der Waals surface area contributed by atoms with Crippen molar-refractivity contribution in [1.82, 2.24) is 9.88 Å². The molecule has 4 nitrogen and oxygen atoms in total. The average Bonchev–Trinajstić information content (AvgIpc) is 2.75. The van der Waals surface area contributed by atoms with Gasteiger partial charge in [-0.2, -0.15) is 0 Å². The first kappa shape index (κ1) is 11.5. The number of rotatable bonds is 3. The van der Waals surface area contributed by atoms with Gasteiger partial charge in [0.1, 0.15) is 6.04 Å². The SMILES string of the molecule is Cc1ncsc1CN1CCC(C)C1C(=O)O. The summed E-state index contributed by atoms with van der Waals surface area (Å²) in [7, 11) is 0. The van der Waals surface area contributed by atoms with E-state index in [0.29, 0.717) is 0 Å². The molecule has 2 atom stereocenters. The summed E-state index contributed by atoms with van der Waals surface area (Å²) in [6, 6.07) is -0.332. The van der Waals surface area contributed by atoms with E-state index in [1.54, 1.807) is 11.3 Å². The Kier molecular flexibility index (Phi) is 3.25. The van der Waals surface area contributed by atoms with Gasteiger partial charge < -0.3 is 5.11 Å². The monoisotopic (exact) mass is 240 g/mol. The average molecular weight is 240 g/mol. The molecule has 0 amide bonds. The largest absolute Gasteiger partial charge is 0.480 e. The summed E-state index contributed by atoms with van der Waals surface area (Å²) in [6.45, 7) is 5.58. The van der Waals surface area contributed by atoms with Crippen molar-refractivity contribution in [2.75, 3.05) is 6.54 Å². The van der Waals surface area contributed by atoms with Crippen LogP contribution in [0.15, 0.2) is 5.51 Å². The number of aromatic nitrogens is 1. The fourth-order valence-electron chi connectivity index (χ4n) is 2.27. The predicted octanol–water partition coefficient (Wildman–Crippen LogP) is 1.75. The molecule has 1 aromatic rings. The van der Waals surface area contributed by atoms with Gasteiger partial charge in [0.25, 0.3) is 0 Å². The Morgan fingerprint density at radius 3 is 3.06 bits per heavy atom. The quantitative estimate of drug-likeness (QED) is 0.874. The highest BCUT2D eigenvalue weighted by atomic mass is 32.1. The fraction of sp³-hybridized carbons (Fsp3) is 0.636. The summed E-state index contributed by atoms with van der Waals surface area (Å²) < 4.78 is 0. The Balaban J connectivity index is 2.10. The van der Waals surface area contributed by atoms with Gasteiger partial charge in [-0.05, 0) is 25.8 Å². The van der Waals surface area contributed by atoms with Gasteiger partial charge in [0.15, 0.2) is 0 Å². The Bertz CT molecular complexity index is 391. The Morgan fingerprint density at radius 1 is 1.75 bits per heavy atom. The number of aryl methyl sites for hydroxylation is 1. The molecule has 0 saturated carbocycles. The Hall–Kier alpha value is -0.940. The summed E-state index contributed by atoms with van der Waals surface area (Å²) in [5.41, 5.74) is 2.84. The van der Waals surface area contributed by atoms with E-state index in [0.717, 1.165) is 25.2 Å². The summed E-state index contributed by atoms with van der Waals surface area (Å²) in [4.78, 5) is 18.6. The minimum Gasteiger partial charge on any atom is -0.480 e. The van der Waals surface area contributed by atoms with Crippen molar-refractivity contribution in [3.05, 3.63) is 16.1 Å². The number of hydrogen-bond donors (Lipinski definition) is 1. The van der Waals surface area contributed by atoms with E-state index < -0.39 is 5.97 Å². The maximum Gasteiger partial charge on any atom is 0.321 e. The normalized spacial score (nSPS) is 26.1. The van der Waals surface area contributed by atoms with E-state index >= 15 is 0 Å². The molecular formula is C11H16N2O2S. The molecule has 2 heterocycles. The van der Waals surface area contributed by atoms with Gasteiger partial charge in [-0.3, -0.25) is 9.69 Å². The van der Waals surface area contributed by atoms with Crippen molar-refractivity contribution < 1.29 is 9.90 Å². The van der Waals surface area contributed by atoms with Crippen LogP contribution in [0.5, 0.6) is 0 Å². The molecule has 5 heteroatoms. The van der Waals surface area contributed by atoms with Crippen molar-refractivity contribution in [3.63, 3.8) is 0 Å². The van der Waals surface area contributed by atoms with E-state index in [-0.39, 0.29) is 12.0 Å². The van der Waals surface area contributed by atoms with Crippen LogP contribution in [0.3, 0.4) is 0 Å². The zero-order valence-corrected chi connectivity index (χ0v) is 10.3. The lowest BCUT2D eigenvalue weighted by molar-refractivity contribution is -0.143. The van der Waals surface area contributed by atoms with Crippen LogP contribution in [0.25, 0.3) is 0 Å². The second-order valence-electron chi connectivity index (χ2n) is 4.38. The third-order valence-corrected chi connectivity index (χ3v) is 4.17. The third kappa shape index (κ3) is 2.10. The molecule has 1 fully saturated rings. The first-order valence-electron chi connectivity index (χ1n) is 5.45. The smallest absolute Gasteiger partial charge is 0.321 e. The van der Waals surface area contributed by atoms with Gasteiger partial charge in [0.2, 0.25) is 0 Å². The van der Waals surface area contributed by atoms with E-state index in [2.05, 4.69) is 4.98 Å². The van der Waals surface area contributed by atoms with Crippen molar-refractivity contribution in [3.8, 4) is 0 Å². The molecule has 2 rings (SSSR count). The number of thiazole rings is 1. The summed E-state index contributed by atoms with van der Waals surface area (Å²) in [5, 5.41) is 9.20. The topological polar surface area (TPSA) is 53.4 Å². The van der Waals surface area contributed by atoms with Gasteiger partial charge in [-0.25, -0.2) is 4.98 Å². The summed E-state index contributed by atoms with van der Waals surface area (Å²) in [5.74, 6) is -0.460. The number of aliphatic carboxylic acids is 1. The highest BCUT2D eigenvalue weighted by Crippen LogP contribution is 2.27. The number of likely N-dealkylation sites (tertiary alicyclic amines) is 1. The molecule has 0 radical (unpaired) electrons. The van der Waals surface area contributed by atoms with Crippen molar-refractivity contribution in [2.45, 2.75) is 32.9 Å². The van der Waals surface area contributed by atoms with Crippen LogP contribution < -0.4 is 0 Å². The minimum absolute atomic E-state index is 0.241. The zero-order chi connectivity index (χ0) is 11.7. The molecule has 1 aromatic heterocycles. The standard InChI is InChI=1S/C11H16N2O2S/c1-7-3-4-13(10(7)11(14)15)5-9-8(2)12-6-16-9/h6-7,10H,3-5H2,1-2H3,(H,14,15). The molecular weight excluding hydrogens is 224 g/mol. The molecule has 16 heavy (non-hydrogen) atoms. The zero-order valence-electron chi connectivity index (χ0n) is 9.51. The van der Waals surface area contributed by atoms with Crippen LogP contribution >= 0.6 is 11.3 Å². The molecule has 0 spiro atoms. The van der Waals surface area contributed by atoms with Crippen LogP contribution in [-0.4, -0.2) is 33.5 Å². The molecule has 1 aliphatic heterocycles. The van der Waals surface area contributed by atoms with Crippen LogP contribution in [0, 0.1) is 12.8 Å². The molecule has 1 N–H and O–H groups in total. The molecule has 0 aromatic carbocycles. The Labute approximate surface area is 98.9 Å². The molecule has 0 bridgehead atoms. The van der Waals surface area contributed by atoms with Gasteiger partial charge in [0, 0.05) is 11.4 Å². The van der Waals surface area contributed by atoms with E-state index in [1.807, 2.05) is 24.3 Å². The number of carboxylic acid groups (broad SMARTS) is 1. The van der Waals surface area contributed by atoms with Crippen molar-refractivity contribution >= 4 is 17.3 Å². The van der Waals surface area contributed by atoms with Crippen molar-refractivity contribution in [1.29, 1.82) is 0 Å². The lowest BCUT2D eigenvalue weighted by atomic mass is 10.0. The predicted molar refractivity (Wildman–Crippen MR) is 62.5 cm³/mol. The first-order valence-corrected chi connectivity index (χ1v) is 6.33. The number of carbonyl (C=O) groups is 1. The molecule has 88 valence electrons. The van der Waals surface area contributed by atoms with Crippen LogP contribution in [-0.2, 0) is 11.3 Å². The van der Waals surface area contributed by atoms with Gasteiger partial charge in [-0.1, -0.05) is 6.92 Å². The van der Waals surface area contributed by atoms with Crippen LogP contribution in [0.1, 0.15) is 23.9 Å². The minimum atomic E-state index is -0.702. The van der Waals surface area contributed by atoms with E-state index in [1.165, 1.54) is 4.88 Å². The van der Waals surface area contributed by atoms with Crippen LogP contribution in [0.4, 0.5) is 0 Å². The number of nitrogens with zero attached hydrogens (tertiary/aromatic N) is 2. The number of hydrogen-bond acceptors (Lipinski definition) is 4. The maximum atomic E-state index is 11.2. The van der Waals surface area contributed by atoms with E-state index in [4.69, 9.17) is 0 Å². The molecule has 1 aliphatic rings. The Morgan fingerprint density at radius 2 is 2.50 bits per heavy atom. The second-order valence-corrected chi connectivity index (χ2v) is 5.32. The lowest BCUT2D eigenvalue weighted by Gasteiger charge is -2.22. The highest BCUT2D eigenvalue weighted by Gasteiger charge is 2.36. The summed E-state index contributed by atoms with van der Waals surface area (Å²) >= 11 is 1.61. The van der Waals surface area contributed by atoms with E-state index in [9.17, 15) is 9.90 Å². The second kappa shape index (κ2) is 4.51. The van der Waals surface area contributed by atoms with Gasteiger partial charge >= 0.3 is 5.97 Å². The number of carboxylic acids is 1. The maximum absolute atomic E-state index is 11.2. The van der Waals surface area contributed by atoms with Gasteiger partial charge in [0.05, 0.1) is 11.2 Å². The fourth-order valence-corrected chi connectivity index (χ4v) is 3.07. The molecule has 2 unspecified atom stereocenters. The lowest BCUT2D eigenvalue weighted by Crippen LogP contribution is -2.38. The van der Waals surface area contributed by atoms with Crippen molar-refractivity contribution in [2.24, 2.45) is 5.92 Å². The first-order chi connectivity index (χ1) is 7.59. The summed E-state index contributed by atoms with van der Waals surface area (Å²) in [6.07, 6.45) is 0.967.